The number of nitrogens with zero attached hydrogens (tertiary/aromatic N) is 1. The molecule has 0 bridgehead atoms. The van der Waals surface area contributed by atoms with E-state index in [1.807, 2.05) is 0 Å². The predicted molar refractivity (Wildman–Crippen MR) is 54.8 cm³/mol. The molecule has 0 aliphatic carbocycles. The number of hydrogen-bond acceptors (Lipinski definition) is 2. The van der Waals surface area contributed by atoms with Gasteiger partial charge >= 0.3 is 0 Å². The Labute approximate surface area is 80.0 Å². The van der Waals surface area contributed by atoms with Crippen LogP contribution in [0.25, 0.3) is 0 Å². The minimum absolute atomic E-state index is 0.0844. The third-order valence-corrected chi connectivity index (χ3v) is 2.42. The van der Waals surface area contributed by atoms with Crippen LogP contribution in [-0.4, -0.2) is 37.0 Å². The summed E-state index contributed by atoms with van der Waals surface area (Å²) < 4.78 is 0. The summed E-state index contributed by atoms with van der Waals surface area (Å²) in [6.07, 6.45) is 5.05. The number of guanidine groups is 1. The van der Waals surface area contributed by atoms with Gasteiger partial charge in [-0.1, -0.05) is 0 Å². The Bertz CT molecular complexity index is 152. The highest BCUT2D eigenvalue weighted by atomic mass is 15.1. The fraction of sp³-hybridized carbons (Fsp3) is 0.889. The highest BCUT2D eigenvalue weighted by Crippen LogP contribution is 2.07. The molecule has 0 aromatic carbocycles. The zero-order valence-corrected chi connectivity index (χ0v) is 8.18. The minimum Gasteiger partial charge on any atom is -0.370 e. The Morgan fingerprint density at radius 1 is 1.31 bits per heavy atom. The first-order valence-electron chi connectivity index (χ1n) is 5.09. The summed E-state index contributed by atoms with van der Waals surface area (Å²) in [6.45, 7) is 4.60. The smallest absolute Gasteiger partial charge is 0.185 e. The second-order valence-corrected chi connectivity index (χ2v) is 3.60. The van der Waals surface area contributed by atoms with E-state index in [0.29, 0.717) is 0 Å². The van der Waals surface area contributed by atoms with Crippen LogP contribution >= 0.6 is 0 Å². The quantitative estimate of drug-likeness (QED) is 0.328. The molecular weight excluding hydrogens is 164 g/mol. The molecule has 76 valence electrons. The van der Waals surface area contributed by atoms with Crippen LogP contribution in [-0.2, 0) is 0 Å². The first kappa shape index (κ1) is 10.3. The van der Waals surface area contributed by atoms with E-state index >= 15 is 0 Å². The van der Waals surface area contributed by atoms with Gasteiger partial charge in [0.15, 0.2) is 5.96 Å². The van der Waals surface area contributed by atoms with Gasteiger partial charge in [0.1, 0.15) is 0 Å². The van der Waals surface area contributed by atoms with Crippen molar-refractivity contribution < 1.29 is 0 Å². The summed E-state index contributed by atoms with van der Waals surface area (Å²) in [4.78, 5) is 2.51. The van der Waals surface area contributed by atoms with Crippen molar-refractivity contribution in [3.05, 3.63) is 0 Å². The molecule has 4 heteroatoms. The SMILES string of the molecule is N=C(N)NCCCCN1CCCC1. The summed E-state index contributed by atoms with van der Waals surface area (Å²) in [5.41, 5.74) is 5.16. The van der Waals surface area contributed by atoms with E-state index < -0.39 is 0 Å². The van der Waals surface area contributed by atoms with E-state index in [1.165, 1.54) is 38.9 Å². The van der Waals surface area contributed by atoms with E-state index in [0.717, 1.165) is 13.0 Å². The van der Waals surface area contributed by atoms with Crippen molar-refractivity contribution in [3.63, 3.8) is 0 Å². The highest BCUT2D eigenvalue weighted by molar-refractivity contribution is 5.74. The molecule has 0 saturated carbocycles. The van der Waals surface area contributed by atoms with Crippen LogP contribution in [0.5, 0.6) is 0 Å². The number of hydrogen-bond donors (Lipinski definition) is 3. The van der Waals surface area contributed by atoms with Crippen LogP contribution in [0.3, 0.4) is 0 Å². The molecule has 1 aliphatic heterocycles. The minimum atomic E-state index is 0.0844. The molecular formula is C9H20N4. The standard InChI is InChI=1S/C9H20N4/c10-9(11)12-5-1-2-6-13-7-3-4-8-13/h1-8H2,(H4,10,11,12). The van der Waals surface area contributed by atoms with E-state index in [2.05, 4.69) is 10.2 Å². The van der Waals surface area contributed by atoms with Gasteiger partial charge in [0, 0.05) is 6.54 Å². The summed E-state index contributed by atoms with van der Waals surface area (Å²) in [6, 6.07) is 0. The molecule has 4 N–H and O–H groups in total. The van der Waals surface area contributed by atoms with Crippen molar-refractivity contribution in [1.29, 1.82) is 5.41 Å². The average molecular weight is 184 g/mol. The molecule has 1 fully saturated rings. The van der Waals surface area contributed by atoms with E-state index in [9.17, 15) is 0 Å². The summed E-state index contributed by atoms with van der Waals surface area (Å²) in [5, 5.41) is 9.77. The number of rotatable bonds is 5. The second kappa shape index (κ2) is 5.80. The molecule has 0 radical (unpaired) electrons. The van der Waals surface area contributed by atoms with Crippen molar-refractivity contribution >= 4 is 5.96 Å². The zero-order valence-electron chi connectivity index (χ0n) is 8.18. The fourth-order valence-electron chi connectivity index (χ4n) is 1.69. The van der Waals surface area contributed by atoms with Gasteiger partial charge in [-0.2, -0.15) is 0 Å². The first-order chi connectivity index (χ1) is 6.29. The van der Waals surface area contributed by atoms with Crippen LogP contribution in [0.2, 0.25) is 0 Å². The molecule has 4 nitrogen and oxygen atoms in total. The van der Waals surface area contributed by atoms with Gasteiger partial charge in [0.05, 0.1) is 0 Å². The molecule has 1 heterocycles. The molecule has 0 aromatic heterocycles. The molecule has 1 aliphatic rings. The summed E-state index contributed by atoms with van der Waals surface area (Å²) >= 11 is 0. The number of nitrogens with one attached hydrogen (secondary N) is 2. The lowest BCUT2D eigenvalue weighted by molar-refractivity contribution is 0.330. The normalized spacial score (nSPS) is 17.5. The molecule has 1 rings (SSSR count). The van der Waals surface area contributed by atoms with Gasteiger partial charge < -0.3 is 16.0 Å². The van der Waals surface area contributed by atoms with Gasteiger partial charge in [-0.3, -0.25) is 5.41 Å². The molecule has 0 unspecified atom stereocenters. The first-order valence-corrected chi connectivity index (χ1v) is 5.09. The molecule has 0 aromatic rings. The van der Waals surface area contributed by atoms with E-state index in [4.69, 9.17) is 11.1 Å². The van der Waals surface area contributed by atoms with Crippen LogP contribution in [0.15, 0.2) is 0 Å². The monoisotopic (exact) mass is 184 g/mol. The number of unbranched alkanes of at least 4 members (excludes halogenated alkanes) is 1. The maximum absolute atomic E-state index is 6.95. The third kappa shape index (κ3) is 4.72. The number of likely N-dealkylation sites (tertiary alicyclic amines) is 1. The van der Waals surface area contributed by atoms with Gasteiger partial charge in [-0.05, 0) is 45.3 Å². The van der Waals surface area contributed by atoms with E-state index in [-0.39, 0.29) is 5.96 Å². The lowest BCUT2D eigenvalue weighted by Crippen LogP contribution is -2.31. The molecule has 13 heavy (non-hydrogen) atoms. The van der Waals surface area contributed by atoms with Crippen LogP contribution in [0.4, 0.5) is 0 Å². The second-order valence-electron chi connectivity index (χ2n) is 3.60. The maximum atomic E-state index is 6.95. The molecule has 0 spiro atoms. The molecule has 0 atom stereocenters. The Kier molecular flexibility index (Phi) is 4.60. The lowest BCUT2D eigenvalue weighted by Gasteiger charge is -2.13. The zero-order chi connectivity index (χ0) is 9.52. The Morgan fingerprint density at radius 2 is 2.00 bits per heavy atom. The third-order valence-electron chi connectivity index (χ3n) is 2.42. The lowest BCUT2D eigenvalue weighted by atomic mass is 10.3. The van der Waals surface area contributed by atoms with Gasteiger partial charge in [-0.25, -0.2) is 0 Å². The largest absolute Gasteiger partial charge is 0.370 e. The van der Waals surface area contributed by atoms with Crippen LogP contribution in [0.1, 0.15) is 25.7 Å². The van der Waals surface area contributed by atoms with Crippen molar-refractivity contribution in [1.82, 2.24) is 10.2 Å². The number of nitrogens with two attached hydrogens (primary N) is 1. The van der Waals surface area contributed by atoms with Crippen molar-refractivity contribution in [3.8, 4) is 0 Å². The van der Waals surface area contributed by atoms with Crippen LogP contribution in [0, 0.1) is 5.41 Å². The molecule has 1 saturated heterocycles. The fourth-order valence-corrected chi connectivity index (χ4v) is 1.69. The Hall–Kier alpha value is -0.770. The highest BCUT2D eigenvalue weighted by Gasteiger charge is 2.09. The van der Waals surface area contributed by atoms with Crippen molar-refractivity contribution in [2.24, 2.45) is 5.73 Å². The van der Waals surface area contributed by atoms with Gasteiger partial charge in [0.2, 0.25) is 0 Å². The Balaban J connectivity index is 1.86. The van der Waals surface area contributed by atoms with Gasteiger partial charge in [0.25, 0.3) is 0 Å². The maximum Gasteiger partial charge on any atom is 0.185 e. The predicted octanol–water partition coefficient (Wildman–Crippen LogP) is 0.345. The van der Waals surface area contributed by atoms with Crippen molar-refractivity contribution in [2.45, 2.75) is 25.7 Å². The Morgan fingerprint density at radius 3 is 2.62 bits per heavy atom. The average Bonchev–Trinajstić information content (AvgIpc) is 2.55. The van der Waals surface area contributed by atoms with Crippen molar-refractivity contribution in [2.75, 3.05) is 26.2 Å². The molecule has 0 amide bonds. The topological polar surface area (TPSA) is 65.1 Å². The van der Waals surface area contributed by atoms with Crippen LogP contribution < -0.4 is 11.1 Å². The van der Waals surface area contributed by atoms with Gasteiger partial charge in [-0.15, -0.1) is 0 Å². The summed E-state index contributed by atoms with van der Waals surface area (Å²) in [5.74, 6) is 0.0844. The summed E-state index contributed by atoms with van der Waals surface area (Å²) in [7, 11) is 0. The van der Waals surface area contributed by atoms with E-state index in [1.54, 1.807) is 0 Å².